The largest absolute Gasteiger partial charge is 0.491 e. The van der Waals surface area contributed by atoms with Gasteiger partial charge in [0.05, 0.1) is 5.02 Å². The van der Waals surface area contributed by atoms with Crippen molar-refractivity contribution in [2.45, 2.75) is 37.8 Å². The zero-order valence-corrected chi connectivity index (χ0v) is 12.6. The van der Waals surface area contributed by atoms with Crippen molar-refractivity contribution in [1.82, 2.24) is 10.2 Å². The molecule has 2 atom stereocenters. The third-order valence-corrected chi connectivity index (χ3v) is 4.76. The minimum atomic E-state index is 0.657. The first kappa shape index (κ1) is 14.2. The van der Waals surface area contributed by atoms with Gasteiger partial charge < -0.3 is 15.0 Å². The fraction of sp³-hybridized carbons (Fsp3) is 0.625. The van der Waals surface area contributed by atoms with Gasteiger partial charge in [-0.25, -0.2) is 0 Å². The Bertz CT molecular complexity index is 440. The van der Waals surface area contributed by atoms with E-state index < -0.39 is 0 Å². The Kier molecular flexibility index (Phi) is 4.81. The molecule has 1 aromatic rings. The lowest BCUT2D eigenvalue weighted by molar-refractivity contribution is 0.163. The Balaban J connectivity index is 1.37. The van der Waals surface area contributed by atoms with Crippen LogP contribution in [-0.2, 0) is 0 Å². The summed E-state index contributed by atoms with van der Waals surface area (Å²) in [5.74, 6) is 0.779. The van der Waals surface area contributed by atoms with E-state index in [1.54, 1.807) is 0 Å². The molecule has 3 nitrogen and oxygen atoms in total. The van der Waals surface area contributed by atoms with Gasteiger partial charge in [0.2, 0.25) is 0 Å². The van der Waals surface area contributed by atoms with Crippen molar-refractivity contribution in [3.63, 3.8) is 0 Å². The summed E-state index contributed by atoms with van der Waals surface area (Å²) in [7, 11) is 0. The number of ether oxygens (including phenoxy) is 1. The molecule has 0 bridgehead atoms. The summed E-state index contributed by atoms with van der Waals surface area (Å²) >= 11 is 6.06. The predicted octanol–water partition coefficient (Wildman–Crippen LogP) is 2.94. The Morgan fingerprint density at radius 2 is 2.15 bits per heavy atom. The van der Waals surface area contributed by atoms with Crippen LogP contribution in [0.25, 0.3) is 0 Å². The molecule has 0 aliphatic carbocycles. The Hall–Kier alpha value is -0.770. The van der Waals surface area contributed by atoms with Crippen molar-refractivity contribution < 1.29 is 4.74 Å². The molecule has 0 spiro atoms. The number of hydrogen-bond donors (Lipinski definition) is 1. The van der Waals surface area contributed by atoms with Crippen molar-refractivity contribution in [3.05, 3.63) is 29.3 Å². The van der Waals surface area contributed by atoms with Crippen LogP contribution in [0.15, 0.2) is 24.3 Å². The van der Waals surface area contributed by atoms with E-state index in [0.717, 1.165) is 18.3 Å². The van der Waals surface area contributed by atoms with Crippen LogP contribution in [0, 0.1) is 0 Å². The molecule has 4 heteroatoms. The van der Waals surface area contributed by atoms with Crippen LogP contribution in [0.1, 0.15) is 25.7 Å². The second-order valence-electron chi connectivity index (χ2n) is 5.79. The highest BCUT2D eigenvalue weighted by Gasteiger charge is 2.31. The van der Waals surface area contributed by atoms with E-state index in [9.17, 15) is 0 Å². The first-order valence-corrected chi connectivity index (χ1v) is 8.05. The van der Waals surface area contributed by atoms with Crippen molar-refractivity contribution in [2.24, 2.45) is 0 Å². The van der Waals surface area contributed by atoms with Crippen LogP contribution in [0.2, 0.25) is 5.02 Å². The molecular weight excluding hydrogens is 272 g/mol. The van der Waals surface area contributed by atoms with Gasteiger partial charge in [-0.1, -0.05) is 23.7 Å². The molecule has 2 saturated heterocycles. The van der Waals surface area contributed by atoms with Gasteiger partial charge in [0.25, 0.3) is 0 Å². The molecule has 1 N–H and O–H groups in total. The number of piperidine rings is 1. The molecule has 2 aliphatic heterocycles. The van der Waals surface area contributed by atoms with Gasteiger partial charge in [0.1, 0.15) is 12.4 Å². The van der Waals surface area contributed by atoms with E-state index in [4.69, 9.17) is 16.3 Å². The zero-order valence-electron chi connectivity index (χ0n) is 11.9. The Morgan fingerprint density at radius 1 is 1.25 bits per heavy atom. The Labute approximate surface area is 126 Å². The van der Waals surface area contributed by atoms with Crippen molar-refractivity contribution in [2.75, 3.05) is 26.2 Å². The average Bonchev–Trinajstić information content (AvgIpc) is 2.93. The minimum Gasteiger partial charge on any atom is -0.491 e. The number of benzene rings is 1. The highest BCUT2D eigenvalue weighted by Crippen LogP contribution is 2.27. The molecule has 2 aliphatic rings. The lowest BCUT2D eigenvalue weighted by Crippen LogP contribution is -2.46. The van der Waals surface area contributed by atoms with Gasteiger partial charge in [-0.15, -0.1) is 0 Å². The van der Waals surface area contributed by atoms with E-state index in [1.807, 2.05) is 24.3 Å². The van der Waals surface area contributed by atoms with Crippen LogP contribution in [0.5, 0.6) is 5.75 Å². The monoisotopic (exact) mass is 294 g/mol. The fourth-order valence-corrected chi connectivity index (χ4v) is 3.59. The first-order valence-electron chi connectivity index (χ1n) is 7.68. The molecular formula is C16H23ClN2O. The molecule has 110 valence electrons. The van der Waals surface area contributed by atoms with Gasteiger partial charge in [0.15, 0.2) is 0 Å². The van der Waals surface area contributed by atoms with Gasteiger partial charge >= 0.3 is 0 Å². The van der Waals surface area contributed by atoms with Crippen molar-refractivity contribution >= 4 is 11.6 Å². The number of nitrogens with zero attached hydrogens (tertiary/aromatic N) is 1. The van der Waals surface area contributed by atoms with Crippen LogP contribution in [0.3, 0.4) is 0 Å². The van der Waals surface area contributed by atoms with E-state index >= 15 is 0 Å². The second-order valence-corrected chi connectivity index (χ2v) is 6.19. The fourth-order valence-electron chi connectivity index (χ4n) is 3.40. The molecule has 0 aromatic heterocycles. The molecule has 0 radical (unpaired) electrons. The highest BCUT2D eigenvalue weighted by molar-refractivity contribution is 6.32. The number of nitrogens with one attached hydrogen (secondary N) is 1. The van der Waals surface area contributed by atoms with E-state index in [2.05, 4.69) is 10.2 Å². The van der Waals surface area contributed by atoms with E-state index in [1.165, 1.54) is 38.8 Å². The number of rotatable bonds is 5. The summed E-state index contributed by atoms with van der Waals surface area (Å²) in [5, 5.41) is 4.32. The predicted molar refractivity (Wildman–Crippen MR) is 82.6 cm³/mol. The molecule has 0 amide bonds. The maximum Gasteiger partial charge on any atom is 0.137 e. The van der Waals surface area contributed by atoms with E-state index in [-0.39, 0.29) is 0 Å². The summed E-state index contributed by atoms with van der Waals surface area (Å²) in [5.41, 5.74) is 0. The number of fused-ring (bicyclic) bond motifs is 1. The normalized spacial score (nSPS) is 26.4. The maximum absolute atomic E-state index is 6.06. The minimum absolute atomic E-state index is 0.657. The lowest BCUT2D eigenvalue weighted by Gasteiger charge is -2.35. The summed E-state index contributed by atoms with van der Waals surface area (Å²) in [6, 6.07) is 9.13. The molecule has 1 aromatic carbocycles. The SMILES string of the molecule is Clc1ccccc1OCCN[C@H]1CCN2CCC[C@H]2C1. The van der Waals surface area contributed by atoms with Gasteiger partial charge in [-0.3, -0.25) is 0 Å². The summed E-state index contributed by atoms with van der Waals surface area (Å²) < 4.78 is 5.71. The quantitative estimate of drug-likeness (QED) is 0.845. The summed E-state index contributed by atoms with van der Waals surface area (Å²) in [4.78, 5) is 2.65. The molecule has 2 fully saturated rings. The van der Waals surface area contributed by atoms with Crippen LogP contribution in [0.4, 0.5) is 0 Å². The van der Waals surface area contributed by atoms with Gasteiger partial charge in [-0.2, -0.15) is 0 Å². The lowest BCUT2D eigenvalue weighted by atomic mass is 9.98. The highest BCUT2D eigenvalue weighted by atomic mass is 35.5. The van der Waals surface area contributed by atoms with Crippen LogP contribution < -0.4 is 10.1 Å². The molecule has 2 heterocycles. The zero-order chi connectivity index (χ0) is 13.8. The number of para-hydroxylation sites is 1. The van der Waals surface area contributed by atoms with E-state index in [0.29, 0.717) is 17.7 Å². The topological polar surface area (TPSA) is 24.5 Å². The summed E-state index contributed by atoms with van der Waals surface area (Å²) in [6.45, 7) is 4.14. The molecule has 0 saturated carbocycles. The van der Waals surface area contributed by atoms with Crippen LogP contribution in [-0.4, -0.2) is 43.2 Å². The average molecular weight is 295 g/mol. The molecule has 3 rings (SSSR count). The number of hydrogen-bond acceptors (Lipinski definition) is 3. The standard InChI is InChI=1S/C16H23ClN2O/c17-15-5-1-2-6-16(15)20-11-8-18-13-7-10-19-9-3-4-14(19)12-13/h1-2,5-6,13-14,18H,3-4,7-12H2/t13-,14-/m0/s1. The van der Waals surface area contributed by atoms with Gasteiger partial charge in [0, 0.05) is 18.6 Å². The van der Waals surface area contributed by atoms with Crippen LogP contribution >= 0.6 is 11.6 Å². The maximum atomic E-state index is 6.06. The third-order valence-electron chi connectivity index (χ3n) is 4.45. The molecule has 20 heavy (non-hydrogen) atoms. The second kappa shape index (κ2) is 6.79. The van der Waals surface area contributed by atoms with Gasteiger partial charge in [-0.05, 0) is 50.9 Å². The smallest absolute Gasteiger partial charge is 0.137 e. The third kappa shape index (κ3) is 3.46. The van der Waals surface area contributed by atoms with Crippen molar-refractivity contribution in [3.8, 4) is 5.75 Å². The first-order chi connectivity index (χ1) is 9.83. The number of halogens is 1. The summed E-state index contributed by atoms with van der Waals surface area (Å²) in [6.07, 6.45) is 5.33. The van der Waals surface area contributed by atoms with Crippen molar-refractivity contribution in [1.29, 1.82) is 0 Å². The Morgan fingerprint density at radius 3 is 3.05 bits per heavy atom. The molecule has 0 unspecified atom stereocenters.